The van der Waals surface area contributed by atoms with Gasteiger partial charge in [-0.2, -0.15) is 5.10 Å². The number of hydrogen-bond donors (Lipinski definition) is 0. The first-order valence-corrected chi connectivity index (χ1v) is 5.90. The number of benzene rings is 1. The summed E-state index contributed by atoms with van der Waals surface area (Å²) in [6, 6.07) is 9.07. The van der Waals surface area contributed by atoms with E-state index in [0.717, 1.165) is 0 Å². The molecule has 0 spiro atoms. The quantitative estimate of drug-likeness (QED) is 0.372. The lowest BCUT2D eigenvalue weighted by Crippen LogP contribution is -2.33. The van der Waals surface area contributed by atoms with Gasteiger partial charge in [0.15, 0.2) is 10.7 Å². The molecular weight excluding hydrogens is 293 g/mol. The van der Waals surface area contributed by atoms with E-state index in [1.807, 2.05) is 18.2 Å². The SMILES string of the molecule is O=C(c1ccccc1)C(Br)N1CN(Cl)C=N1. The van der Waals surface area contributed by atoms with E-state index in [0.29, 0.717) is 12.2 Å². The van der Waals surface area contributed by atoms with Crippen molar-refractivity contribution in [3.8, 4) is 0 Å². The molecule has 84 valence electrons. The van der Waals surface area contributed by atoms with Gasteiger partial charge < -0.3 is 0 Å². The number of carbonyl (C=O) groups is 1. The van der Waals surface area contributed by atoms with E-state index in [9.17, 15) is 4.79 Å². The zero-order chi connectivity index (χ0) is 11.5. The van der Waals surface area contributed by atoms with Gasteiger partial charge in [0.1, 0.15) is 13.0 Å². The molecule has 16 heavy (non-hydrogen) atoms. The molecule has 0 radical (unpaired) electrons. The average Bonchev–Trinajstić information content (AvgIpc) is 2.75. The minimum atomic E-state index is -0.491. The lowest BCUT2D eigenvalue weighted by molar-refractivity contribution is 0.0909. The highest BCUT2D eigenvalue weighted by Gasteiger charge is 2.26. The molecule has 2 rings (SSSR count). The summed E-state index contributed by atoms with van der Waals surface area (Å²) in [6.07, 6.45) is 1.47. The molecular formula is C10H9BrClN3O. The molecule has 0 fully saturated rings. The van der Waals surface area contributed by atoms with Gasteiger partial charge in [-0.3, -0.25) is 14.2 Å². The normalized spacial score (nSPS) is 16.6. The number of hydrazone groups is 1. The average molecular weight is 303 g/mol. The lowest BCUT2D eigenvalue weighted by Gasteiger charge is -2.19. The predicted molar refractivity (Wildman–Crippen MR) is 66.4 cm³/mol. The molecule has 1 atom stereocenters. The molecule has 0 aliphatic carbocycles. The molecule has 1 aromatic carbocycles. The van der Waals surface area contributed by atoms with Crippen molar-refractivity contribution in [1.29, 1.82) is 0 Å². The van der Waals surface area contributed by atoms with Gasteiger partial charge in [-0.1, -0.05) is 46.3 Å². The fourth-order valence-electron chi connectivity index (χ4n) is 1.34. The summed E-state index contributed by atoms with van der Waals surface area (Å²) in [7, 11) is 0. The summed E-state index contributed by atoms with van der Waals surface area (Å²) >= 11 is 9.02. The van der Waals surface area contributed by atoms with Crippen LogP contribution in [0.15, 0.2) is 35.4 Å². The van der Waals surface area contributed by atoms with E-state index in [1.54, 1.807) is 17.1 Å². The molecule has 6 heteroatoms. The van der Waals surface area contributed by atoms with E-state index < -0.39 is 4.95 Å². The third kappa shape index (κ3) is 2.36. The molecule has 0 bridgehead atoms. The molecule has 0 aromatic heterocycles. The van der Waals surface area contributed by atoms with Crippen molar-refractivity contribution in [3.05, 3.63) is 35.9 Å². The van der Waals surface area contributed by atoms with Crippen molar-refractivity contribution in [1.82, 2.24) is 9.43 Å². The summed E-state index contributed by atoms with van der Waals surface area (Å²) in [5.41, 5.74) is 0.646. The molecule has 1 unspecified atom stereocenters. The Morgan fingerprint density at radius 3 is 2.69 bits per heavy atom. The Kier molecular flexibility index (Phi) is 3.46. The van der Waals surface area contributed by atoms with Crippen molar-refractivity contribution >= 4 is 39.8 Å². The fraction of sp³-hybridized carbons (Fsp3) is 0.200. The Bertz CT molecular complexity index is 412. The number of Topliss-reactive ketones (excluding diaryl/α,β-unsaturated/α-hetero) is 1. The highest BCUT2D eigenvalue weighted by atomic mass is 79.9. The van der Waals surface area contributed by atoms with Crippen LogP contribution in [0.25, 0.3) is 0 Å². The Labute approximate surface area is 107 Å². The number of halogens is 2. The number of nitrogens with zero attached hydrogens (tertiary/aromatic N) is 3. The number of alkyl halides is 1. The number of hydrogen-bond acceptors (Lipinski definition) is 4. The van der Waals surface area contributed by atoms with Crippen molar-refractivity contribution in [2.24, 2.45) is 5.10 Å². The van der Waals surface area contributed by atoms with E-state index in [1.165, 1.54) is 10.8 Å². The number of carbonyl (C=O) groups excluding carboxylic acids is 1. The Hall–Kier alpha value is -1.07. The highest BCUT2D eigenvalue weighted by Crippen LogP contribution is 2.18. The standard InChI is InChI=1S/C10H9BrClN3O/c11-10(15-7-14(12)6-13-15)9(16)8-4-2-1-3-5-8/h1-6,10H,7H2. The van der Waals surface area contributed by atoms with Gasteiger partial charge in [0, 0.05) is 17.3 Å². The zero-order valence-electron chi connectivity index (χ0n) is 8.25. The van der Waals surface area contributed by atoms with Crippen LogP contribution >= 0.6 is 27.7 Å². The molecule has 1 aliphatic rings. The van der Waals surface area contributed by atoms with Crippen molar-refractivity contribution in [2.75, 3.05) is 6.67 Å². The maximum Gasteiger partial charge on any atom is 0.197 e. The zero-order valence-corrected chi connectivity index (χ0v) is 10.6. The molecule has 1 aliphatic heterocycles. The first-order valence-electron chi connectivity index (χ1n) is 4.65. The van der Waals surface area contributed by atoms with Crippen LogP contribution in [0.5, 0.6) is 0 Å². The number of ketones is 1. The molecule has 0 N–H and O–H groups in total. The lowest BCUT2D eigenvalue weighted by atomic mass is 10.1. The second-order valence-corrected chi connectivity index (χ2v) is 4.58. The minimum absolute atomic E-state index is 0.0373. The third-order valence-electron chi connectivity index (χ3n) is 2.14. The topological polar surface area (TPSA) is 35.9 Å². The summed E-state index contributed by atoms with van der Waals surface area (Å²) in [5, 5.41) is 5.57. The maximum atomic E-state index is 12.0. The van der Waals surface area contributed by atoms with Crippen LogP contribution in [0.4, 0.5) is 0 Å². The van der Waals surface area contributed by atoms with Gasteiger partial charge in [-0.15, -0.1) is 0 Å². The summed E-state index contributed by atoms with van der Waals surface area (Å²) in [5.74, 6) is -0.0373. The molecule has 0 saturated heterocycles. The van der Waals surface area contributed by atoms with Gasteiger partial charge in [0.05, 0.1) is 0 Å². The van der Waals surface area contributed by atoms with Crippen molar-refractivity contribution < 1.29 is 4.79 Å². The molecule has 0 amide bonds. The van der Waals surface area contributed by atoms with Crippen molar-refractivity contribution in [2.45, 2.75) is 4.95 Å². The van der Waals surface area contributed by atoms with E-state index in [-0.39, 0.29) is 5.78 Å². The van der Waals surface area contributed by atoms with Crippen LogP contribution in [0.3, 0.4) is 0 Å². The fourth-order valence-corrected chi connectivity index (χ4v) is 1.99. The van der Waals surface area contributed by atoms with Crippen LogP contribution < -0.4 is 0 Å². The second-order valence-electron chi connectivity index (χ2n) is 3.28. The molecule has 0 saturated carbocycles. The van der Waals surface area contributed by atoms with E-state index >= 15 is 0 Å². The Morgan fingerprint density at radius 1 is 1.44 bits per heavy atom. The molecule has 1 aromatic rings. The molecule has 1 heterocycles. The minimum Gasteiger partial charge on any atom is -0.291 e. The van der Waals surface area contributed by atoms with Crippen LogP contribution in [0.1, 0.15) is 10.4 Å². The molecule has 4 nitrogen and oxygen atoms in total. The van der Waals surface area contributed by atoms with Crippen LogP contribution in [0, 0.1) is 0 Å². The summed E-state index contributed by atoms with van der Waals surface area (Å²) < 4.78 is 1.38. The Morgan fingerprint density at radius 2 is 2.12 bits per heavy atom. The van der Waals surface area contributed by atoms with Gasteiger partial charge in [0.2, 0.25) is 0 Å². The van der Waals surface area contributed by atoms with Gasteiger partial charge in [-0.05, 0) is 0 Å². The maximum absolute atomic E-state index is 12.0. The van der Waals surface area contributed by atoms with Gasteiger partial charge in [-0.25, -0.2) is 0 Å². The van der Waals surface area contributed by atoms with Gasteiger partial charge >= 0.3 is 0 Å². The van der Waals surface area contributed by atoms with E-state index in [4.69, 9.17) is 11.8 Å². The first kappa shape index (κ1) is 11.4. The monoisotopic (exact) mass is 301 g/mol. The predicted octanol–water partition coefficient (Wildman–Crippen LogP) is 2.26. The highest BCUT2D eigenvalue weighted by molar-refractivity contribution is 9.09. The third-order valence-corrected chi connectivity index (χ3v) is 3.22. The Balaban J connectivity index is 2.08. The van der Waals surface area contributed by atoms with Crippen LogP contribution in [0.2, 0.25) is 0 Å². The van der Waals surface area contributed by atoms with Crippen LogP contribution in [-0.2, 0) is 0 Å². The smallest absolute Gasteiger partial charge is 0.197 e. The summed E-state index contributed by atoms with van der Waals surface area (Å²) in [4.78, 5) is 11.5. The largest absolute Gasteiger partial charge is 0.291 e. The number of rotatable bonds is 3. The van der Waals surface area contributed by atoms with Gasteiger partial charge in [0.25, 0.3) is 0 Å². The first-order chi connectivity index (χ1) is 7.68. The van der Waals surface area contributed by atoms with Crippen molar-refractivity contribution in [3.63, 3.8) is 0 Å². The van der Waals surface area contributed by atoms with Crippen LogP contribution in [-0.4, -0.2) is 33.2 Å². The van der Waals surface area contributed by atoms with E-state index in [2.05, 4.69) is 21.0 Å². The second kappa shape index (κ2) is 4.84. The summed E-state index contributed by atoms with van der Waals surface area (Å²) in [6.45, 7) is 0.385.